The first-order valence-corrected chi connectivity index (χ1v) is 6.60. The number of aromatic amines is 1. The van der Waals surface area contributed by atoms with E-state index in [0.717, 1.165) is 0 Å². The van der Waals surface area contributed by atoms with Crippen LogP contribution >= 0.6 is 12.2 Å². The van der Waals surface area contributed by atoms with Crippen LogP contribution in [0.5, 0.6) is 11.8 Å². The maximum absolute atomic E-state index is 11.9. The Morgan fingerprint density at radius 3 is 2.87 bits per heavy atom. The largest absolute Gasteiger partial charge is 0.425 e. The Morgan fingerprint density at radius 1 is 1.39 bits per heavy atom. The van der Waals surface area contributed by atoms with E-state index in [-0.39, 0.29) is 28.7 Å². The molecule has 0 aliphatic rings. The van der Waals surface area contributed by atoms with Crippen LogP contribution in [-0.4, -0.2) is 40.1 Å². The minimum Gasteiger partial charge on any atom is -0.425 e. The Morgan fingerprint density at radius 2 is 2.17 bits per heavy atom. The Balaban J connectivity index is 2.43. The maximum Gasteiger partial charge on any atom is 0.302 e. The Labute approximate surface area is 135 Å². The van der Waals surface area contributed by atoms with Crippen molar-refractivity contribution >= 4 is 30.2 Å². The van der Waals surface area contributed by atoms with Gasteiger partial charge in [0, 0.05) is 0 Å². The summed E-state index contributed by atoms with van der Waals surface area (Å²) in [6.07, 6.45) is 1.48. The van der Waals surface area contributed by atoms with Crippen LogP contribution in [-0.2, 0) is 14.4 Å². The van der Waals surface area contributed by atoms with Crippen LogP contribution in [0.3, 0.4) is 0 Å². The molecule has 1 aromatic carbocycles. The lowest BCUT2D eigenvalue weighted by molar-refractivity contribution is -0.120. The van der Waals surface area contributed by atoms with Crippen molar-refractivity contribution in [3.63, 3.8) is 0 Å². The number of rotatable bonds is 6. The summed E-state index contributed by atoms with van der Waals surface area (Å²) in [6.45, 7) is 0. The van der Waals surface area contributed by atoms with Crippen LogP contribution in [0.1, 0.15) is 5.56 Å². The lowest BCUT2D eigenvalue weighted by Crippen LogP contribution is -2.31. The lowest BCUT2D eigenvalue weighted by Gasteiger charge is -2.10. The van der Waals surface area contributed by atoms with E-state index in [1.807, 2.05) is 5.32 Å². The molecule has 9 nitrogen and oxygen atoms in total. The summed E-state index contributed by atoms with van der Waals surface area (Å²) >= 11 is 4.88. The van der Waals surface area contributed by atoms with Crippen LogP contribution in [0.15, 0.2) is 35.7 Å². The van der Waals surface area contributed by atoms with Gasteiger partial charge in [0.2, 0.25) is 11.2 Å². The van der Waals surface area contributed by atoms with Gasteiger partial charge in [-0.2, -0.15) is 4.98 Å². The third-order valence-electron chi connectivity index (χ3n) is 2.50. The molecule has 1 heterocycles. The van der Waals surface area contributed by atoms with Crippen molar-refractivity contribution in [3.05, 3.63) is 40.9 Å². The Bertz CT molecular complexity index is 805. The van der Waals surface area contributed by atoms with E-state index in [1.165, 1.54) is 13.4 Å². The smallest absolute Gasteiger partial charge is 0.302 e. The van der Waals surface area contributed by atoms with Crippen LogP contribution in [0, 0.1) is 4.77 Å². The van der Waals surface area contributed by atoms with Crippen LogP contribution in [0.4, 0.5) is 0 Å². The normalized spacial score (nSPS) is 10.7. The molecule has 1 aromatic heterocycles. The molecule has 10 heteroatoms. The van der Waals surface area contributed by atoms with E-state index >= 15 is 0 Å². The number of imide groups is 1. The number of carbonyl (C=O) groups is 2. The Kier molecular flexibility index (Phi) is 5.47. The number of benzene rings is 1. The standard InChI is InChI=1S/C13H11N5O4S/c1-21-18-10(11(20)16-7-19)8-4-2-3-5-9(8)22-12-14-6-15-13(23)17-12/h2-7H,1H3,(H,16,19,20)(H,14,15,17,23)/b18-10+. The van der Waals surface area contributed by atoms with E-state index < -0.39 is 5.91 Å². The molecule has 0 atom stereocenters. The second-order valence-corrected chi connectivity index (χ2v) is 4.31. The molecule has 2 N–H and O–H groups in total. The van der Waals surface area contributed by atoms with E-state index in [9.17, 15) is 9.59 Å². The highest BCUT2D eigenvalue weighted by atomic mass is 32.1. The van der Waals surface area contributed by atoms with Gasteiger partial charge in [-0.25, -0.2) is 4.98 Å². The third kappa shape index (κ3) is 4.17. The molecule has 0 fully saturated rings. The minimum absolute atomic E-state index is 0.0880. The van der Waals surface area contributed by atoms with Gasteiger partial charge in [-0.1, -0.05) is 17.3 Å². The summed E-state index contributed by atoms with van der Waals surface area (Å²) in [7, 11) is 1.28. The second-order valence-electron chi connectivity index (χ2n) is 3.92. The maximum atomic E-state index is 11.9. The zero-order valence-electron chi connectivity index (χ0n) is 11.8. The zero-order valence-corrected chi connectivity index (χ0v) is 12.7. The summed E-state index contributed by atoms with van der Waals surface area (Å²) in [5, 5.41) is 5.63. The molecule has 0 bridgehead atoms. The predicted octanol–water partition coefficient (Wildman–Crippen LogP) is 0.950. The fraction of sp³-hybridized carbons (Fsp3) is 0.0769. The molecule has 0 radical (unpaired) electrons. The average molecular weight is 333 g/mol. The molecule has 0 saturated heterocycles. The van der Waals surface area contributed by atoms with Crippen molar-refractivity contribution in [3.8, 4) is 11.8 Å². The number of para-hydroxylation sites is 1. The number of hydrogen-bond donors (Lipinski definition) is 2. The van der Waals surface area contributed by atoms with Gasteiger partial charge in [0.25, 0.3) is 5.91 Å². The molecule has 2 aromatic rings. The number of amides is 2. The molecule has 2 amide bonds. The highest BCUT2D eigenvalue weighted by Crippen LogP contribution is 2.23. The first kappa shape index (κ1) is 16.2. The molecule has 0 spiro atoms. The van der Waals surface area contributed by atoms with E-state index in [1.54, 1.807) is 24.3 Å². The predicted molar refractivity (Wildman–Crippen MR) is 81.5 cm³/mol. The zero-order chi connectivity index (χ0) is 16.7. The number of carbonyl (C=O) groups excluding carboxylic acids is 2. The minimum atomic E-state index is -0.742. The molecule has 0 aliphatic heterocycles. The number of hydrogen-bond acceptors (Lipinski definition) is 8. The highest BCUT2D eigenvalue weighted by Gasteiger charge is 2.19. The molecule has 0 aliphatic carbocycles. The van der Waals surface area contributed by atoms with Gasteiger partial charge in [-0.15, -0.1) is 0 Å². The topological polar surface area (TPSA) is 119 Å². The number of H-pyrrole nitrogens is 1. The number of oxime groups is 1. The van der Waals surface area contributed by atoms with Gasteiger partial charge < -0.3 is 9.57 Å². The third-order valence-corrected chi connectivity index (χ3v) is 2.71. The molecule has 0 saturated carbocycles. The van der Waals surface area contributed by atoms with E-state index in [2.05, 4.69) is 24.9 Å². The number of aromatic nitrogens is 3. The van der Waals surface area contributed by atoms with Crippen molar-refractivity contribution in [1.82, 2.24) is 20.3 Å². The quantitative estimate of drug-likeness (QED) is 0.349. The molecule has 23 heavy (non-hydrogen) atoms. The van der Waals surface area contributed by atoms with Crippen LogP contribution in [0.25, 0.3) is 0 Å². The summed E-state index contributed by atoms with van der Waals surface area (Å²) < 4.78 is 5.76. The van der Waals surface area contributed by atoms with E-state index in [0.29, 0.717) is 5.56 Å². The highest BCUT2D eigenvalue weighted by molar-refractivity contribution is 7.71. The van der Waals surface area contributed by atoms with Crippen molar-refractivity contribution in [1.29, 1.82) is 0 Å². The summed E-state index contributed by atoms with van der Waals surface area (Å²) in [4.78, 5) is 37.3. The monoisotopic (exact) mass is 333 g/mol. The van der Waals surface area contributed by atoms with Gasteiger partial charge in [-0.3, -0.25) is 19.9 Å². The van der Waals surface area contributed by atoms with Crippen LogP contribution < -0.4 is 10.1 Å². The van der Waals surface area contributed by atoms with Gasteiger partial charge in [0.15, 0.2) is 5.71 Å². The fourth-order valence-electron chi connectivity index (χ4n) is 1.62. The summed E-state index contributed by atoms with van der Waals surface area (Å²) in [5.41, 5.74) is 0.162. The van der Waals surface area contributed by atoms with Crippen molar-refractivity contribution in [2.24, 2.45) is 5.16 Å². The Hall–Kier alpha value is -3.14. The summed E-state index contributed by atoms with van der Waals surface area (Å²) in [6, 6.07) is 6.62. The molecular formula is C13H11N5O4S. The number of ether oxygens (including phenoxy) is 1. The van der Waals surface area contributed by atoms with Gasteiger partial charge in [-0.05, 0) is 24.4 Å². The lowest BCUT2D eigenvalue weighted by atomic mass is 10.1. The molecule has 0 unspecified atom stereocenters. The number of nitrogens with zero attached hydrogens (tertiary/aromatic N) is 3. The number of nitrogens with one attached hydrogen (secondary N) is 2. The average Bonchev–Trinajstić information content (AvgIpc) is 2.54. The van der Waals surface area contributed by atoms with Crippen molar-refractivity contribution in [2.45, 2.75) is 0 Å². The fourth-order valence-corrected chi connectivity index (χ4v) is 1.76. The molecular weight excluding hydrogens is 322 g/mol. The van der Waals surface area contributed by atoms with Gasteiger partial charge >= 0.3 is 6.01 Å². The SMILES string of the molecule is CO/N=C(/C(=O)NC=O)c1ccccc1Oc1ncnc(=S)[nH]1. The van der Waals surface area contributed by atoms with E-state index in [4.69, 9.17) is 17.0 Å². The summed E-state index contributed by atoms with van der Waals surface area (Å²) in [5.74, 6) is -0.484. The van der Waals surface area contributed by atoms with Gasteiger partial charge in [0.1, 0.15) is 19.2 Å². The molecule has 2 rings (SSSR count). The van der Waals surface area contributed by atoms with Crippen molar-refractivity contribution in [2.75, 3.05) is 7.11 Å². The molecule has 118 valence electrons. The first-order chi connectivity index (χ1) is 11.2. The van der Waals surface area contributed by atoms with Crippen molar-refractivity contribution < 1.29 is 19.2 Å². The van der Waals surface area contributed by atoms with Gasteiger partial charge in [0.05, 0.1) is 5.56 Å². The van der Waals surface area contributed by atoms with Crippen LogP contribution in [0.2, 0.25) is 0 Å². The second kappa shape index (κ2) is 7.75. The first-order valence-electron chi connectivity index (χ1n) is 6.20.